The highest BCUT2D eigenvalue weighted by Crippen LogP contribution is 2.32. The second-order valence-corrected chi connectivity index (χ2v) is 4.79. The first-order chi connectivity index (χ1) is 9.52. The van der Waals surface area contributed by atoms with Gasteiger partial charge in [0, 0.05) is 24.7 Å². The number of phenolic OH excluding ortho intramolecular Hbond substituents is 1. The van der Waals surface area contributed by atoms with Crippen molar-refractivity contribution >= 4 is 5.97 Å². The van der Waals surface area contributed by atoms with Crippen LogP contribution in [-0.4, -0.2) is 54.0 Å². The van der Waals surface area contributed by atoms with Gasteiger partial charge in [0.2, 0.25) is 0 Å². The Labute approximate surface area is 117 Å². The maximum absolute atomic E-state index is 11.0. The number of ether oxygens (including phenoxy) is 2. The van der Waals surface area contributed by atoms with E-state index in [1.807, 2.05) is 11.8 Å². The normalized spacial score (nSPS) is 21.4. The monoisotopic (exact) mass is 281 g/mol. The van der Waals surface area contributed by atoms with Gasteiger partial charge in [0.1, 0.15) is 11.5 Å². The van der Waals surface area contributed by atoms with E-state index in [0.717, 1.165) is 5.56 Å². The Kier molecular flexibility index (Phi) is 4.46. The van der Waals surface area contributed by atoms with Crippen LogP contribution < -0.4 is 4.74 Å². The zero-order valence-electron chi connectivity index (χ0n) is 11.6. The maximum Gasteiger partial charge on any atom is 0.334 e. The van der Waals surface area contributed by atoms with Gasteiger partial charge in [0.15, 0.2) is 6.10 Å². The van der Waals surface area contributed by atoms with Crippen molar-refractivity contribution in [1.82, 2.24) is 4.90 Å². The smallest absolute Gasteiger partial charge is 0.334 e. The van der Waals surface area contributed by atoms with Crippen molar-refractivity contribution in [2.45, 2.75) is 19.1 Å². The lowest BCUT2D eigenvalue weighted by Crippen LogP contribution is -2.46. The summed E-state index contributed by atoms with van der Waals surface area (Å²) in [6.45, 7) is 3.22. The molecule has 1 aliphatic heterocycles. The van der Waals surface area contributed by atoms with Crippen LogP contribution in [0, 0.1) is 0 Å². The summed E-state index contributed by atoms with van der Waals surface area (Å²) in [6, 6.07) is 4.92. The minimum atomic E-state index is -0.961. The number of benzene rings is 1. The van der Waals surface area contributed by atoms with Gasteiger partial charge in [-0.15, -0.1) is 0 Å². The van der Waals surface area contributed by atoms with Gasteiger partial charge in [-0.1, -0.05) is 0 Å². The molecule has 2 rings (SSSR count). The van der Waals surface area contributed by atoms with Crippen LogP contribution in [0.1, 0.15) is 18.5 Å². The summed E-state index contributed by atoms with van der Waals surface area (Å²) >= 11 is 0. The fourth-order valence-electron chi connectivity index (χ4n) is 2.36. The third-order valence-corrected chi connectivity index (χ3v) is 3.61. The Morgan fingerprint density at radius 2 is 2.30 bits per heavy atom. The molecule has 2 atom stereocenters. The summed E-state index contributed by atoms with van der Waals surface area (Å²) in [5.41, 5.74) is 0.718. The third-order valence-electron chi connectivity index (χ3n) is 3.61. The molecule has 0 bridgehead atoms. The molecular formula is C14H19NO5. The average Bonchev–Trinajstić information content (AvgIpc) is 2.47. The van der Waals surface area contributed by atoms with Crippen molar-refractivity contribution in [3.63, 3.8) is 0 Å². The molecule has 0 spiro atoms. The first kappa shape index (κ1) is 14.6. The number of carbonyl (C=O) groups is 1. The van der Waals surface area contributed by atoms with E-state index in [9.17, 15) is 9.90 Å². The molecule has 20 heavy (non-hydrogen) atoms. The molecule has 6 heteroatoms. The molecule has 1 aromatic rings. The molecule has 1 fully saturated rings. The lowest BCUT2D eigenvalue weighted by atomic mass is 10.0. The molecule has 1 saturated heterocycles. The SMILES string of the molecule is COc1ccc(O)c(C(C)N2CCOC(C(=O)O)C2)c1. The van der Waals surface area contributed by atoms with Crippen LogP contribution in [0.5, 0.6) is 11.5 Å². The number of phenols is 1. The third kappa shape index (κ3) is 3.02. The number of rotatable bonds is 4. The predicted octanol–water partition coefficient (Wildman–Crippen LogP) is 1.25. The van der Waals surface area contributed by atoms with E-state index in [1.165, 1.54) is 0 Å². The Bertz CT molecular complexity index is 490. The Morgan fingerprint density at radius 3 is 2.95 bits per heavy atom. The average molecular weight is 281 g/mol. The molecule has 0 radical (unpaired) electrons. The number of aromatic hydroxyl groups is 1. The van der Waals surface area contributed by atoms with E-state index in [-0.39, 0.29) is 11.8 Å². The molecule has 0 aliphatic carbocycles. The van der Waals surface area contributed by atoms with E-state index < -0.39 is 12.1 Å². The predicted molar refractivity (Wildman–Crippen MR) is 72.0 cm³/mol. The van der Waals surface area contributed by atoms with Crippen LogP contribution >= 0.6 is 0 Å². The summed E-state index contributed by atoms with van der Waals surface area (Å²) < 4.78 is 10.4. The van der Waals surface area contributed by atoms with E-state index in [1.54, 1.807) is 25.3 Å². The first-order valence-corrected chi connectivity index (χ1v) is 6.48. The fraction of sp³-hybridized carbons (Fsp3) is 0.500. The summed E-state index contributed by atoms with van der Waals surface area (Å²) in [7, 11) is 1.57. The Balaban J connectivity index is 2.18. The number of hydrogen-bond donors (Lipinski definition) is 2. The molecule has 2 unspecified atom stereocenters. The van der Waals surface area contributed by atoms with Crippen molar-refractivity contribution in [2.75, 3.05) is 26.8 Å². The summed E-state index contributed by atoms with van der Waals surface area (Å²) in [5, 5.41) is 19.0. The van der Waals surface area contributed by atoms with Gasteiger partial charge in [-0.3, -0.25) is 4.90 Å². The minimum absolute atomic E-state index is 0.115. The van der Waals surface area contributed by atoms with Crippen molar-refractivity contribution in [1.29, 1.82) is 0 Å². The van der Waals surface area contributed by atoms with Gasteiger partial charge in [-0.25, -0.2) is 4.79 Å². The molecule has 0 aromatic heterocycles. The highest BCUT2D eigenvalue weighted by Gasteiger charge is 2.30. The number of carboxylic acids is 1. The second-order valence-electron chi connectivity index (χ2n) is 4.79. The highest BCUT2D eigenvalue weighted by molar-refractivity contribution is 5.72. The van der Waals surface area contributed by atoms with Gasteiger partial charge >= 0.3 is 5.97 Å². The maximum atomic E-state index is 11.0. The number of carboxylic acid groups (broad SMARTS) is 1. The number of aliphatic carboxylic acids is 1. The molecule has 110 valence electrons. The van der Waals surface area contributed by atoms with Crippen LogP contribution in [0.3, 0.4) is 0 Å². The van der Waals surface area contributed by atoms with Crippen LogP contribution in [0.2, 0.25) is 0 Å². The molecule has 1 aliphatic rings. The molecule has 0 amide bonds. The van der Waals surface area contributed by atoms with Gasteiger partial charge in [0.05, 0.1) is 13.7 Å². The Hall–Kier alpha value is -1.79. The van der Waals surface area contributed by atoms with Crippen LogP contribution in [0.25, 0.3) is 0 Å². The molecule has 1 heterocycles. The largest absolute Gasteiger partial charge is 0.508 e. The van der Waals surface area contributed by atoms with E-state index in [4.69, 9.17) is 14.6 Å². The number of hydrogen-bond acceptors (Lipinski definition) is 5. The molecular weight excluding hydrogens is 262 g/mol. The van der Waals surface area contributed by atoms with Crippen LogP contribution in [0.4, 0.5) is 0 Å². The van der Waals surface area contributed by atoms with E-state index >= 15 is 0 Å². The van der Waals surface area contributed by atoms with Crippen molar-refractivity contribution in [3.8, 4) is 11.5 Å². The fourth-order valence-corrected chi connectivity index (χ4v) is 2.36. The quantitative estimate of drug-likeness (QED) is 0.864. The van der Waals surface area contributed by atoms with Gasteiger partial charge in [-0.05, 0) is 25.1 Å². The molecule has 1 aromatic carbocycles. The second kappa shape index (κ2) is 6.11. The van der Waals surface area contributed by atoms with Crippen molar-refractivity contribution < 1.29 is 24.5 Å². The number of morpholine rings is 1. The lowest BCUT2D eigenvalue weighted by Gasteiger charge is -2.35. The zero-order valence-corrected chi connectivity index (χ0v) is 11.6. The Morgan fingerprint density at radius 1 is 1.55 bits per heavy atom. The van der Waals surface area contributed by atoms with Crippen LogP contribution in [-0.2, 0) is 9.53 Å². The summed E-state index contributed by atoms with van der Waals surface area (Å²) in [5.74, 6) is -0.124. The summed E-state index contributed by atoms with van der Waals surface area (Å²) in [6.07, 6.45) is -0.820. The lowest BCUT2D eigenvalue weighted by molar-refractivity contribution is -0.157. The minimum Gasteiger partial charge on any atom is -0.508 e. The number of methoxy groups -OCH3 is 1. The topological polar surface area (TPSA) is 79.2 Å². The first-order valence-electron chi connectivity index (χ1n) is 6.48. The molecule has 0 saturated carbocycles. The van der Waals surface area contributed by atoms with Gasteiger partial charge < -0.3 is 19.7 Å². The number of nitrogens with zero attached hydrogens (tertiary/aromatic N) is 1. The molecule has 6 nitrogen and oxygen atoms in total. The standard InChI is InChI=1S/C14H19NO5/c1-9(11-7-10(19-2)3-4-12(11)16)15-5-6-20-13(8-15)14(17)18/h3-4,7,9,13,16H,5-6,8H2,1-2H3,(H,17,18). The van der Waals surface area contributed by atoms with Gasteiger partial charge in [0.25, 0.3) is 0 Å². The van der Waals surface area contributed by atoms with Crippen molar-refractivity contribution in [3.05, 3.63) is 23.8 Å². The van der Waals surface area contributed by atoms with Crippen LogP contribution in [0.15, 0.2) is 18.2 Å². The van der Waals surface area contributed by atoms with E-state index in [0.29, 0.717) is 25.4 Å². The van der Waals surface area contributed by atoms with Crippen molar-refractivity contribution in [2.24, 2.45) is 0 Å². The zero-order chi connectivity index (χ0) is 14.7. The van der Waals surface area contributed by atoms with Gasteiger partial charge in [-0.2, -0.15) is 0 Å². The summed E-state index contributed by atoms with van der Waals surface area (Å²) in [4.78, 5) is 13.0. The highest BCUT2D eigenvalue weighted by atomic mass is 16.5. The molecule has 2 N–H and O–H groups in total. The van der Waals surface area contributed by atoms with E-state index in [2.05, 4.69) is 0 Å².